The number of aromatic nitrogens is 2. The van der Waals surface area contributed by atoms with Crippen molar-refractivity contribution in [2.24, 2.45) is 5.73 Å². The summed E-state index contributed by atoms with van der Waals surface area (Å²) in [6, 6.07) is 7.97. The molecule has 0 spiro atoms. The maximum Gasteiger partial charge on any atom is 0.267 e. The highest BCUT2D eigenvalue weighted by molar-refractivity contribution is 6.30. The first-order chi connectivity index (χ1) is 12.0. The highest BCUT2D eigenvalue weighted by Crippen LogP contribution is 2.32. The molecular weight excluding hydrogens is 345 g/mol. The van der Waals surface area contributed by atoms with E-state index in [-0.39, 0.29) is 10.7 Å². The van der Waals surface area contributed by atoms with Crippen molar-refractivity contribution in [1.82, 2.24) is 9.55 Å². The second kappa shape index (κ2) is 7.21. The van der Waals surface area contributed by atoms with Gasteiger partial charge in [-0.2, -0.15) is 0 Å². The van der Waals surface area contributed by atoms with Crippen molar-refractivity contribution >= 4 is 28.5 Å². The van der Waals surface area contributed by atoms with Gasteiger partial charge >= 0.3 is 0 Å². The molecule has 2 aromatic heterocycles. The minimum Gasteiger partial charge on any atom is -0.380 e. The summed E-state index contributed by atoms with van der Waals surface area (Å²) >= 11 is 5.77. The van der Waals surface area contributed by atoms with E-state index in [2.05, 4.69) is 4.98 Å². The molecule has 2 heterocycles. The molecule has 7 heteroatoms. The molecule has 0 aliphatic rings. The van der Waals surface area contributed by atoms with Crippen LogP contribution in [0.3, 0.4) is 0 Å². The second-order valence-corrected chi connectivity index (χ2v) is 5.90. The van der Waals surface area contributed by atoms with E-state index in [9.17, 15) is 9.18 Å². The average molecular weight is 362 g/mol. The first kappa shape index (κ1) is 17.4. The lowest BCUT2D eigenvalue weighted by Gasteiger charge is -2.05. The fourth-order valence-electron chi connectivity index (χ4n) is 2.67. The predicted octanol–water partition coefficient (Wildman–Crippen LogP) is 3.63. The number of benzene rings is 1. The number of rotatable bonds is 6. The Kier molecular flexibility index (Phi) is 5.01. The van der Waals surface area contributed by atoms with Crippen LogP contribution in [0.1, 0.15) is 17.4 Å². The zero-order valence-corrected chi connectivity index (χ0v) is 14.4. The van der Waals surface area contributed by atoms with Gasteiger partial charge < -0.3 is 15.0 Å². The fourth-order valence-corrected chi connectivity index (χ4v) is 2.79. The monoisotopic (exact) mass is 361 g/mol. The van der Waals surface area contributed by atoms with E-state index in [4.69, 9.17) is 22.1 Å². The van der Waals surface area contributed by atoms with Gasteiger partial charge in [-0.05, 0) is 36.8 Å². The first-order valence-electron chi connectivity index (χ1n) is 7.84. The summed E-state index contributed by atoms with van der Waals surface area (Å²) in [5.74, 6) is -1.09. The summed E-state index contributed by atoms with van der Waals surface area (Å²) in [5, 5.41) is 0.862. The van der Waals surface area contributed by atoms with Crippen molar-refractivity contribution in [3.8, 4) is 11.1 Å². The Balaban J connectivity index is 2.14. The summed E-state index contributed by atoms with van der Waals surface area (Å²) < 4.78 is 21.1. The molecule has 1 amide bonds. The summed E-state index contributed by atoms with van der Waals surface area (Å²) in [5.41, 5.74) is 7.58. The smallest absolute Gasteiger partial charge is 0.267 e. The lowest BCUT2D eigenvalue weighted by molar-refractivity contribution is 0.0996. The zero-order valence-electron chi connectivity index (χ0n) is 13.6. The van der Waals surface area contributed by atoms with Gasteiger partial charge in [-0.25, -0.2) is 9.37 Å². The molecule has 0 saturated heterocycles. The summed E-state index contributed by atoms with van der Waals surface area (Å²) in [6.07, 6.45) is 1.87. The van der Waals surface area contributed by atoms with E-state index in [0.29, 0.717) is 31.0 Å². The normalized spacial score (nSPS) is 11.2. The van der Waals surface area contributed by atoms with Gasteiger partial charge in [0.25, 0.3) is 5.91 Å². The number of carbonyl (C=O) groups excluding carboxylic acids is 1. The molecular formula is C18H17ClFN3O2. The summed E-state index contributed by atoms with van der Waals surface area (Å²) in [7, 11) is 0. The Morgan fingerprint density at radius 2 is 2.16 bits per heavy atom. The molecule has 0 aliphatic carbocycles. The maximum absolute atomic E-state index is 13.9. The van der Waals surface area contributed by atoms with Gasteiger partial charge in [-0.1, -0.05) is 17.7 Å². The van der Waals surface area contributed by atoms with Crippen LogP contribution in [-0.2, 0) is 11.3 Å². The molecule has 0 saturated carbocycles. The SMILES string of the molecule is CCOCCn1cc(-c2ccc(Cl)c(F)c2)c2ccc(C(N)=O)nc21. The molecule has 0 atom stereocenters. The standard InChI is InChI=1S/C18H17ClFN3O2/c1-2-25-8-7-23-10-13(11-3-5-14(19)15(20)9-11)12-4-6-16(17(21)24)22-18(12)23/h3-6,9-10H,2,7-8H2,1H3,(H2,21,24). The van der Waals surface area contributed by atoms with Crippen LogP contribution < -0.4 is 5.73 Å². The van der Waals surface area contributed by atoms with E-state index in [1.165, 1.54) is 12.1 Å². The number of hydrogen-bond acceptors (Lipinski definition) is 3. The van der Waals surface area contributed by atoms with Crippen LogP contribution >= 0.6 is 11.6 Å². The number of halogens is 2. The number of carbonyl (C=O) groups is 1. The molecule has 0 bridgehead atoms. The van der Waals surface area contributed by atoms with Gasteiger partial charge in [0.15, 0.2) is 0 Å². The molecule has 5 nitrogen and oxygen atoms in total. The van der Waals surface area contributed by atoms with E-state index in [0.717, 1.165) is 10.9 Å². The minimum absolute atomic E-state index is 0.0676. The van der Waals surface area contributed by atoms with Gasteiger partial charge in [0.1, 0.15) is 17.2 Å². The van der Waals surface area contributed by atoms with Gasteiger partial charge in [-0.3, -0.25) is 4.79 Å². The molecule has 25 heavy (non-hydrogen) atoms. The molecule has 0 radical (unpaired) electrons. The van der Waals surface area contributed by atoms with E-state index in [1.54, 1.807) is 18.2 Å². The van der Waals surface area contributed by atoms with Gasteiger partial charge in [-0.15, -0.1) is 0 Å². The molecule has 0 fully saturated rings. The molecule has 130 valence electrons. The van der Waals surface area contributed by atoms with Crippen LogP contribution in [0.5, 0.6) is 0 Å². The zero-order chi connectivity index (χ0) is 18.0. The Labute approximate surface area is 149 Å². The van der Waals surface area contributed by atoms with Crippen LogP contribution in [0.2, 0.25) is 5.02 Å². The Morgan fingerprint density at radius 1 is 1.36 bits per heavy atom. The number of primary amides is 1. The van der Waals surface area contributed by atoms with Crippen LogP contribution in [-0.4, -0.2) is 28.7 Å². The van der Waals surface area contributed by atoms with Crippen molar-refractivity contribution < 1.29 is 13.9 Å². The quantitative estimate of drug-likeness (QED) is 0.681. The van der Waals surface area contributed by atoms with Crippen molar-refractivity contribution in [3.63, 3.8) is 0 Å². The van der Waals surface area contributed by atoms with E-state index in [1.807, 2.05) is 17.7 Å². The number of ether oxygens (including phenoxy) is 1. The number of fused-ring (bicyclic) bond motifs is 1. The number of nitrogens with two attached hydrogens (primary N) is 1. The third-order valence-corrected chi connectivity index (χ3v) is 4.19. The molecule has 3 rings (SSSR count). The van der Waals surface area contributed by atoms with Gasteiger partial charge in [0.2, 0.25) is 0 Å². The lowest BCUT2D eigenvalue weighted by atomic mass is 10.1. The van der Waals surface area contributed by atoms with Crippen molar-refractivity contribution in [2.75, 3.05) is 13.2 Å². The van der Waals surface area contributed by atoms with E-state index >= 15 is 0 Å². The second-order valence-electron chi connectivity index (χ2n) is 5.49. The van der Waals surface area contributed by atoms with Gasteiger partial charge in [0, 0.05) is 30.3 Å². The van der Waals surface area contributed by atoms with E-state index < -0.39 is 11.7 Å². The number of hydrogen-bond donors (Lipinski definition) is 1. The number of nitrogens with zero attached hydrogens (tertiary/aromatic N) is 2. The highest BCUT2D eigenvalue weighted by Gasteiger charge is 2.15. The molecule has 1 aromatic carbocycles. The van der Waals surface area contributed by atoms with Crippen molar-refractivity contribution in [1.29, 1.82) is 0 Å². The molecule has 3 aromatic rings. The van der Waals surface area contributed by atoms with Crippen LogP contribution in [0.25, 0.3) is 22.2 Å². The van der Waals surface area contributed by atoms with Crippen LogP contribution in [0.4, 0.5) is 4.39 Å². The Hall–Kier alpha value is -2.44. The maximum atomic E-state index is 13.9. The first-order valence-corrected chi connectivity index (χ1v) is 8.22. The summed E-state index contributed by atoms with van der Waals surface area (Å²) in [4.78, 5) is 15.8. The molecule has 2 N–H and O–H groups in total. The highest BCUT2D eigenvalue weighted by atomic mass is 35.5. The predicted molar refractivity (Wildman–Crippen MR) is 95.1 cm³/mol. The number of amides is 1. The largest absolute Gasteiger partial charge is 0.380 e. The molecule has 0 aliphatic heterocycles. The fraction of sp³-hybridized carbons (Fsp3) is 0.222. The average Bonchev–Trinajstić information content (AvgIpc) is 2.96. The third-order valence-electron chi connectivity index (χ3n) is 3.89. The minimum atomic E-state index is -0.599. The third kappa shape index (κ3) is 3.50. The summed E-state index contributed by atoms with van der Waals surface area (Å²) in [6.45, 7) is 3.57. The lowest BCUT2D eigenvalue weighted by Crippen LogP contribution is -2.13. The Bertz CT molecular complexity index is 939. The van der Waals surface area contributed by atoms with Crippen LogP contribution in [0.15, 0.2) is 36.5 Å². The van der Waals surface area contributed by atoms with Crippen molar-refractivity contribution in [2.45, 2.75) is 13.5 Å². The van der Waals surface area contributed by atoms with Gasteiger partial charge in [0.05, 0.1) is 11.6 Å². The van der Waals surface area contributed by atoms with Crippen molar-refractivity contribution in [3.05, 3.63) is 53.1 Å². The Morgan fingerprint density at radius 3 is 2.84 bits per heavy atom. The van der Waals surface area contributed by atoms with Crippen LogP contribution in [0, 0.1) is 5.82 Å². The molecule has 0 unspecified atom stereocenters. The number of pyridine rings is 1. The topological polar surface area (TPSA) is 70.1 Å².